The van der Waals surface area contributed by atoms with E-state index < -0.39 is 12.3 Å². The van der Waals surface area contributed by atoms with Crippen LogP contribution in [0.4, 0.5) is 4.79 Å². The molecule has 0 aromatic heterocycles. The first-order valence-corrected chi connectivity index (χ1v) is 7.80. The van der Waals surface area contributed by atoms with Gasteiger partial charge in [-0.1, -0.05) is 40.0 Å². The quantitative estimate of drug-likeness (QED) is 0.257. The summed E-state index contributed by atoms with van der Waals surface area (Å²) in [6.45, 7) is 8.36. The van der Waals surface area contributed by atoms with E-state index in [1.54, 1.807) is 6.92 Å². The van der Waals surface area contributed by atoms with Crippen LogP contribution in [0.1, 0.15) is 59.8 Å². The molecule has 0 saturated heterocycles. The van der Waals surface area contributed by atoms with Crippen LogP contribution in [0.15, 0.2) is 0 Å². The van der Waals surface area contributed by atoms with E-state index in [0.29, 0.717) is 18.9 Å². The Kier molecular flexibility index (Phi) is 12.3. The van der Waals surface area contributed by atoms with Crippen molar-refractivity contribution in [3.05, 3.63) is 0 Å². The summed E-state index contributed by atoms with van der Waals surface area (Å²) in [5, 5.41) is 13.5. The third kappa shape index (κ3) is 12.6. The van der Waals surface area contributed by atoms with Crippen LogP contribution < -0.4 is 0 Å². The maximum atomic E-state index is 11.3. The Morgan fingerprint density at radius 2 is 1.90 bits per heavy atom. The van der Waals surface area contributed by atoms with Crippen molar-refractivity contribution in [2.75, 3.05) is 13.2 Å². The number of aliphatic hydroxyl groups is 1. The number of hydrogen-bond acceptors (Lipinski definition) is 6. The largest absolute Gasteiger partial charge is 0.542 e. The summed E-state index contributed by atoms with van der Waals surface area (Å²) < 4.78 is 4.96. The highest BCUT2D eigenvalue weighted by molar-refractivity contribution is 5.58. The van der Waals surface area contributed by atoms with Gasteiger partial charge in [-0.2, -0.15) is 4.89 Å². The molecular weight excluding hydrogens is 276 g/mol. The highest BCUT2D eigenvalue weighted by Crippen LogP contribution is 2.13. The normalized spacial score (nSPS) is 15.3. The molecule has 0 radical (unpaired) electrons. The number of carbonyl (C=O) groups excluding carboxylic acids is 1. The van der Waals surface area contributed by atoms with Gasteiger partial charge in [-0.15, -0.1) is 0 Å². The van der Waals surface area contributed by atoms with Crippen molar-refractivity contribution in [2.24, 2.45) is 11.8 Å². The van der Waals surface area contributed by atoms with Crippen LogP contribution in [0.2, 0.25) is 0 Å². The predicted molar refractivity (Wildman–Crippen MR) is 78.2 cm³/mol. The molecule has 0 aromatic carbocycles. The van der Waals surface area contributed by atoms with Crippen LogP contribution in [0.5, 0.6) is 0 Å². The molecule has 0 bridgehead atoms. The first kappa shape index (κ1) is 20.1. The van der Waals surface area contributed by atoms with E-state index in [-0.39, 0.29) is 12.5 Å². The number of ether oxygens (including phenoxy) is 1. The molecule has 6 heteroatoms. The van der Waals surface area contributed by atoms with Gasteiger partial charge in [-0.3, -0.25) is 0 Å². The lowest BCUT2D eigenvalue weighted by Gasteiger charge is -2.14. The molecule has 0 saturated carbocycles. The first-order valence-electron chi connectivity index (χ1n) is 7.80. The van der Waals surface area contributed by atoms with Crippen molar-refractivity contribution >= 4 is 6.16 Å². The Balaban J connectivity index is 3.61. The summed E-state index contributed by atoms with van der Waals surface area (Å²) in [6.07, 6.45) is 3.54. The van der Waals surface area contributed by atoms with E-state index in [0.717, 1.165) is 25.7 Å². The van der Waals surface area contributed by atoms with Gasteiger partial charge in [-0.05, 0) is 36.6 Å². The topological polar surface area (TPSA) is 74.2 Å². The van der Waals surface area contributed by atoms with Gasteiger partial charge in [0.1, 0.15) is 0 Å². The number of aliphatic hydroxyl groups excluding tert-OH is 1. The minimum absolute atomic E-state index is 0.100. The van der Waals surface area contributed by atoms with E-state index in [2.05, 4.69) is 23.8 Å². The minimum atomic E-state index is -0.895. The average Bonchev–Trinajstić information content (AvgIpc) is 2.43. The van der Waals surface area contributed by atoms with Crippen molar-refractivity contribution in [1.82, 2.24) is 0 Å². The van der Waals surface area contributed by atoms with Gasteiger partial charge in [0.05, 0.1) is 19.3 Å². The third-order valence-corrected chi connectivity index (χ3v) is 3.23. The molecule has 0 rings (SSSR count). The molecule has 0 spiro atoms. The van der Waals surface area contributed by atoms with Gasteiger partial charge in [0.2, 0.25) is 0 Å². The highest BCUT2D eigenvalue weighted by atomic mass is 17.5. The number of hydrogen-bond donors (Lipinski definition) is 1. The van der Waals surface area contributed by atoms with Crippen LogP contribution in [-0.2, 0) is 19.6 Å². The van der Waals surface area contributed by atoms with Gasteiger partial charge in [0.25, 0.3) is 0 Å². The summed E-state index contributed by atoms with van der Waals surface area (Å²) in [5.41, 5.74) is 0. The Bertz CT molecular complexity index is 257. The lowest BCUT2D eigenvalue weighted by Crippen LogP contribution is -2.17. The molecule has 6 nitrogen and oxygen atoms in total. The van der Waals surface area contributed by atoms with E-state index in [1.807, 2.05) is 6.92 Å². The van der Waals surface area contributed by atoms with Gasteiger partial charge in [0, 0.05) is 0 Å². The summed E-state index contributed by atoms with van der Waals surface area (Å²) >= 11 is 0. The van der Waals surface area contributed by atoms with Crippen molar-refractivity contribution in [3.63, 3.8) is 0 Å². The van der Waals surface area contributed by atoms with Crippen molar-refractivity contribution in [2.45, 2.75) is 65.9 Å². The van der Waals surface area contributed by atoms with Gasteiger partial charge >= 0.3 is 6.16 Å². The molecule has 0 aliphatic carbocycles. The maximum absolute atomic E-state index is 11.3. The summed E-state index contributed by atoms with van der Waals surface area (Å²) in [5.74, 6) is 0.451. The molecule has 0 aromatic rings. The molecule has 1 N–H and O–H groups in total. The Morgan fingerprint density at radius 1 is 1.19 bits per heavy atom. The summed E-state index contributed by atoms with van der Waals surface area (Å²) in [6, 6.07) is 0. The fourth-order valence-electron chi connectivity index (χ4n) is 1.95. The van der Waals surface area contributed by atoms with Crippen molar-refractivity contribution in [3.8, 4) is 0 Å². The molecule has 0 aliphatic heterocycles. The van der Waals surface area contributed by atoms with E-state index in [9.17, 15) is 9.90 Å². The second-order valence-electron chi connectivity index (χ2n) is 5.60. The smallest absolute Gasteiger partial charge is 0.432 e. The molecule has 21 heavy (non-hydrogen) atoms. The van der Waals surface area contributed by atoms with E-state index in [1.165, 1.54) is 0 Å². The third-order valence-electron chi connectivity index (χ3n) is 3.23. The Hall–Kier alpha value is -0.850. The first-order chi connectivity index (χ1) is 9.99. The number of carbonyl (C=O) groups is 1. The Morgan fingerprint density at radius 3 is 2.48 bits per heavy atom. The predicted octanol–water partition coefficient (Wildman–Crippen LogP) is 3.63. The zero-order valence-electron chi connectivity index (χ0n) is 13.7. The monoisotopic (exact) mass is 306 g/mol. The minimum Gasteiger partial charge on any atom is -0.432 e. The maximum Gasteiger partial charge on any atom is 0.542 e. The summed E-state index contributed by atoms with van der Waals surface area (Å²) in [4.78, 5) is 20.4. The number of rotatable bonds is 12. The van der Waals surface area contributed by atoms with Crippen LogP contribution in [0.25, 0.3) is 0 Å². The van der Waals surface area contributed by atoms with Gasteiger partial charge in [-0.25, -0.2) is 9.68 Å². The molecule has 126 valence electrons. The average molecular weight is 306 g/mol. The Labute approximate surface area is 127 Å². The molecule has 3 unspecified atom stereocenters. The van der Waals surface area contributed by atoms with Crippen molar-refractivity contribution < 1.29 is 29.5 Å². The van der Waals surface area contributed by atoms with E-state index >= 15 is 0 Å². The van der Waals surface area contributed by atoms with Crippen LogP contribution in [-0.4, -0.2) is 30.6 Å². The zero-order chi connectivity index (χ0) is 16.1. The molecule has 0 aliphatic rings. The van der Waals surface area contributed by atoms with E-state index in [4.69, 9.17) is 9.62 Å². The molecular formula is C15H30O6. The zero-order valence-corrected chi connectivity index (χ0v) is 13.7. The fraction of sp³-hybridized carbons (Fsp3) is 0.933. The molecule has 0 heterocycles. The lowest BCUT2D eigenvalue weighted by atomic mass is 10.0. The molecule has 0 fully saturated rings. The van der Waals surface area contributed by atoms with Crippen molar-refractivity contribution in [1.29, 1.82) is 0 Å². The molecule has 3 atom stereocenters. The van der Waals surface area contributed by atoms with Crippen LogP contribution in [0.3, 0.4) is 0 Å². The SMILES string of the molecule is CCCCC(CC)COC(=O)OOOCC(C)CC(C)O. The van der Waals surface area contributed by atoms with Gasteiger partial charge in [0.15, 0.2) is 0 Å². The van der Waals surface area contributed by atoms with Crippen LogP contribution >= 0.6 is 0 Å². The highest BCUT2D eigenvalue weighted by Gasteiger charge is 2.13. The second kappa shape index (κ2) is 12.9. The lowest BCUT2D eigenvalue weighted by molar-refractivity contribution is -0.489. The molecule has 0 amide bonds. The number of unbranched alkanes of at least 4 members (excludes halogenated alkanes) is 1. The fourth-order valence-corrected chi connectivity index (χ4v) is 1.95. The van der Waals surface area contributed by atoms with Crippen LogP contribution in [0, 0.1) is 11.8 Å². The second-order valence-corrected chi connectivity index (χ2v) is 5.60. The standard InChI is InChI=1S/C15H30O6/c1-5-7-8-14(6-2)11-18-15(17)20-21-19-10-12(3)9-13(4)16/h12-14,16H,5-11H2,1-4H3. The summed E-state index contributed by atoms with van der Waals surface area (Å²) in [7, 11) is 0. The van der Waals surface area contributed by atoms with Gasteiger partial charge < -0.3 is 9.84 Å².